The lowest BCUT2D eigenvalue weighted by atomic mass is 9.96. The normalized spacial score (nSPS) is 19.4. The number of benzene rings is 1. The first-order valence-corrected chi connectivity index (χ1v) is 12.6. The molecule has 4 rings (SSSR count). The van der Waals surface area contributed by atoms with Crippen LogP contribution in [0.25, 0.3) is 0 Å². The largest absolute Gasteiger partial charge is 0.486 e. The number of nitrogens with zero attached hydrogens (tertiary/aromatic N) is 4. The maximum absolute atomic E-state index is 12.3. The number of aromatic nitrogens is 2. The third-order valence-corrected chi connectivity index (χ3v) is 6.96. The third kappa shape index (κ3) is 5.29. The van der Waals surface area contributed by atoms with Crippen molar-refractivity contribution in [3.05, 3.63) is 42.2 Å². The summed E-state index contributed by atoms with van der Waals surface area (Å²) in [4.78, 5) is 25.3. The van der Waals surface area contributed by atoms with Gasteiger partial charge in [0.2, 0.25) is 5.95 Å². The first kappa shape index (κ1) is 22.3. The van der Waals surface area contributed by atoms with Gasteiger partial charge in [-0.15, -0.1) is 0 Å². The van der Waals surface area contributed by atoms with Gasteiger partial charge in [-0.1, -0.05) is 12.1 Å². The van der Waals surface area contributed by atoms with Crippen molar-refractivity contribution in [1.82, 2.24) is 14.9 Å². The van der Waals surface area contributed by atoms with Gasteiger partial charge in [-0.05, 0) is 43.9 Å². The molecule has 1 amide bonds. The Kier molecular flexibility index (Phi) is 6.50. The highest BCUT2D eigenvalue weighted by Crippen LogP contribution is 2.24. The van der Waals surface area contributed by atoms with Gasteiger partial charge in [-0.2, -0.15) is 0 Å². The van der Waals surface area contributed by atoms with Gasteiger partial charge in [0, 0.05) is 31.9 Å². The predicted molar refractivity (Wildman–Crippen MR) is 118 cm³/mol. The molecule has 2 fully saturated rings. The van der Waals surface area contributed by atoms with E-state index >= 15 is 0 Å². The third-order valence-electron chi connectivity index (χ3n) is 5.83. The summed E-state index contributed by atoms with van der Waals surface area (Å²) in [6.45, 7) is 4.09. The van der Waals surface area contributed by atoms with Crippen LogP contribution in [0.4, 0.5) is 10.7 Å². The molecule has 0 radical (unpaired) electrons. The van der Waals surface area contributed by atoms with E-state index in [1.807, 2.05) is 6.92 Å². The maximum atomic E-state index is 12.3. The fourth-order valence-corrected chi connectivity index (χ4v) is 4.29. The predicted octanol–water partition coefficient (Wildman–Crippen LogP) is 2.66. The molecule has 172 valence electrons. The lowest BCUT2D eigenvalue weighted by Gasteiger charge is -2.40. The summed E-state index contributed by atoms with van der Waals surface area (Å²) in [5.74, 6) is 1.12. The molecule has 1 saturated heterocycles. The number of amides is 1. The Hall–Kier alpha value is -2.88. The number of sulfone groups is 1. The maximum Gasteiger partial charge on any atom is 0.410 e. The Labute approximate surface area is 188 Å². The highest BCUT2D eigenvalue weighted by Gasteiger charge is 2.31. The zero-order chi connectivity index (χ0) is 22.7. The second-order valence-corrected chi connectivity index (χ2v) is 10.4. The summed E-state index contributed by atoms with van der Waals surface area (Å²) in [5.41, 5.74) is 0.847. The van der Waals surface area contributed by atoms with E-state index in [-0.39, 0.29) is 29.7 Å². The number of piperazine rings is 1. The molecular formula is C22H28N4O5S. The molecule has 32 heavy (non-hydrogen) atoms. The van der Waals surface area contributed by atoms with E-state index in [9.17, 15) is 13.2 Å². The van der Waals surface area contributed by atoms with Gasteiger partial charge in [-0.25, -0.2) is 23.2 Å². The van der Waals surface area contributed by atoms with Crippen LogP contribution < -0.4 is 9.64 Å². The van der Waals surface area contributed by atoms with Crippen LogP contribution in [0.3, 0.4) is 0 Å². The van der Waals surface area contributed by atoms with E-state index in [4.69, 9.17) is 9.47 Å². The molecule has 1 saturated carbocycles. The molecule has 2 heterocycles. The van der Waals surface area contributed by atoms with E-state index in [2.05, 4.69) is 14.9 Å². The first-order chi connectivity index (χ1) is 15.3. The molecule has 0 bridgehead atoms. The van der Waals surface area contributed by atoms with Crippen LogP contribution in [-0.4, -0.2) is 67.4 Å². The Bertz CT molecular complexity index is 1040. The van der Waals surface area contributed by atoms with Crippen LogP contribution in [0.5, 0.6) is 5.75 Å². The second-order valence-electron chi connectivity index (χ2n) is 8.35. The SMILES string of the molecule is CC1CN(C(=O)OC2CCC2)CCN1c1ncc(OCc2ccc(S(C)(=O)=O)cc2)cn1. The van der Waals surface area contributed by atoms with Crippen molar-refractivity contribution in [1.29, 1.82) is 0 Å². The Morgan fingerprint density at radius 1 is 1.12 bits per heavy atom. The summed E-state index contributed by atoms with van der Waals surface area (Å²) in [5, 5.41) is 0. The zero-order valence-electron chi connectivity index (χ0n) is 18.3. The summed E-state index contributed by atoms with van der Waals surface area (Å²) >= 11 is 0. The first-order valence-electron chi connectivity index (χ1n) is 10.8. The van der Waals surface area contributed by atoms with Gasteiger partial charge in [-0.3, -0.25) is 0 Å². The zero-order valence-corrected chi connectivity index (χ0v) is 19.1. The van der Waals surface area contributed by atoms with E-state index < -0.39 is 9.84 Å². The fourth-order valence-electron chi connectivity index (χ4n) is 3.66. The molecule has 1 atom stereocenters. The average molecular weight is 461 g/mol. The van der Waals surface area contributed by atoms with E-state index in [0.29, 0.717) is 31.3 Å². The standard InChI is InChI=1S/C22H28N4O5S/c1-16-14-25(22(27)31-18-4-3-5-18)10-11-26(16)21-23-12-19(13-24-21)30-15-17-6-8-20(9-7-17)32(2,28)29/h6-9,12-13,16,18H,3-5,10-11,14-15H2,1-2H3. The smallest absolute Gasteiger partial charge is 0.410 e. The molecule has 1 unspecified atom stereocenters. The number of rotatable bonds is 6. The van der Waals surface area contributed by atoms with Gasteiger partial charge in [0.25, 0.3) is 0 Å². The van der Waals surface area contributed by atoms with Crippen LogP contribution in [0, 0.1) is 0 Å². The van der Waals surface area contributed by atoms with E-state index in [1.165, 1.54) is 6.26 Å². The molecule has 1 aliphatic heterocycles. The van der Waals surface area contributed by atoms with Gasteiger partial charge < -0.3 is 19.3 Å². The van der Waals surface area contributed by atoms with Crippen LogP contribution in [-0.2, 0) is 21.2 Å². The summed E-state index contributed by atoms with van der Waals surface area (Å²) < 4.78 is 34.3. The monoisotopic (exact) mass is 460 g/mol. The number of hydrogen-bond acceptors (Lipinski definition) is 8. The highest BCUT2D eigenvalue weighted by atomic mass is 32.2. The fraction of sp³-hybridized carbons (Fsp3) is 0.500. The summed E-state index contributed by atoms with van der Waals surface area (Å²) in [6, 6.07) is 6.65. The van der Waals surface area contributed by atoms with Crippen molar-refractivity contribution in [2.75, 3.05) is 30.8 Å². The Morgan fingerprint density at radius 3 is 2.38 bits per heavy atom. The lowest BCUT2D eigenvalue weighted by molar-refractivity contribution is 0.0238. The average Bonchev–Trinajstić information content (AvgIpc) is 2.75. The van der Waals surface area contributed by atoms with Gasteiger partial charge in [0.15, 0.2) is 15.6 Å². The molecule has 1 aromatic carbocycles. The van der Waals surface area contributed by atoms with Gasteiger partial charge in [0.1, 0.15) is 12.7 Å². The van der Waals surface area contributed by atoms with E-state index in [0.717, 1.165) is 24.8 Å². The summed E-state index contributed by atoms with van der Waals surface area (Å²) in [7, 11) is -3.21. The molecule has 10 heteroatoms. The summed E-state index contributed by atoms with van der Waals surface area (Å²) in [6.07, 6.45) is 7.35. The van der Waals surface area contributed by atoms with E-state index in [1.54, 1.807) is 41.6 Å². The Balaban J connectivity index is 1.29. The van der Waals surface area contributed by atoms with Gasteiger partial charge >= 0.3 is 6.09 Å². The van der Waals surface area contributed by atoms with Crippen LogP contribution in [0.2, 0.25) is 0 Å². The molecule has 1 aliphatic carbocycles. The lowest BCUT2D eigenvalue weighted by Crippen LogP contribution is -2.54. The van der Waals surface area contributed by atoms with Crippen molar-refractivity contribution >= 4 is 21.9 Å². The van der Waals surface area contributed by atoms with Crippen LogP contribution in [0.15, 0.2) is 41.6 Å². The number of carbonyl (C=O) groups excluding carboxylic acids is 1. The number of ether oxygens (including phenoxy) is 2. The van der Waals surface area contributed by atoms with Crippen LogP contribution >= 0.6 is 0 Å². The Morgan fingerprint density at radius 2 is 1.81 bits per heavy atom. The molecule has 2 aromatic rings. The molecule has 2 aliphatic rings. The van der Waals surface area contributed by atoms with Crippen molar-refractivity contribution in [2.24, 2.45) is 0 Å². The number of hydrogen-bond donors (Lipinski definition) is 0. The van der Waals surface area contributed by atoms with Crippen LogP contribution in [0.1, 0.15) is 31.7 Å². The highest BCUT2D eigenvalue weighted by molar-refractivity contribution is 7.90. The van der Waals surface area contributed by atoms with Crippen molar-refractivity contribution in [3.63, 3.8) is 0 Å². The molecule has 0 spiro atoms. The van der Waals surface area contributed by atoms with Crippen molar-refractivity contribution < 1.29 is 22.7 Å². The number of anilines is 1. The van der Waals surface area contributed by atoms with Gasteiger partial charge in [0.05, 0.1) is 17.3 Å². The topological polar surface area (TPSA) is 102 Å². The molecule has 1 aromatic heterocycles. The van der Waals surface area contributed by atoms with Crippen molar-refractivity contribution in [2.45, 2.75) is 49.8 Å². The minimum atomic E-state index is -3.21. The molecule has 0 N–H and O–H groups in total. The minimum absolute atomic E-state index is 0.0674. The van der Waals surface area contributed by atoms with Crippen molar-refractivity contribution in [3.8, 4) is 5.75 Å². The number of carbonyl (C=O) groups is 1. The quantitative estimate of drug-likeness (QED) is 0.648. The minimum Gasteiger partial charge on any atom is -0.486 e. The molecular weight excluding hydrogens is 432 g/mol. The second kappa shape index (κ2) is 9.32. The molecule has 9 nitrogen and oxygen atoms in total.